The average molecular weight is 622 g/mol. The maximum absolute atomic E-state index is 13.5. The molecule has 8 nitrogen and oxygen atoms in total. The van der Waals surface area contributed by atoms with Crippen LogP contribution in [0, 0.1) is 0 Å². The molecule has 4 rings (SSSR count). The van der Waals surface area contributed by atoms with Gasteiger partial charge in [0.25, 0.3) is 5.91 Å². The summed E-state index contributed by atoms with van der Waals surface area (Å²) in [5, 5.41) is 4.77. The highest BCUT2D eigenvalue weighted by Gasteiger charge is 2.21. The smallest absolute Gasteiger partial charge is 0.411 e. The molecule has 2 amide bonds. The van der Waals surface area contributed by atoms with Crippen LogP contribution in [-0.4, -0.2) is 51.6 Å². The minimum Gasteiger partial charge on any atom is -0.447 e. The van der Waals surface area contributed by atoms with Gasteiger partial charge in [-0.15, -0.1) is 0 Å². The van der Waals surface area contributed by atoms with E-state index in [0.717, 1.165) is 33.9 Å². The molecule has 0 unspecified atom stereocenters. The van der Waals surface area contributed by atoms with Gasteiger partial charge in [0, 0.05) is 24.0 Å². The topological polar surface area (TPSA) is 81.0 Å². The lowest BCUT2D eigenvalue weighted by Crippen LogP contribution is -2.38. The Morgan fingerprint density at radius 2 is 1.56 bits per heavy atom. The molecule has 0 aliphatic carbocycles. The van der Waals surface area contributed by atoms with Gasteiger partial charge in [-0.1, -0.05) is 61.5 Å². The molecule has 0 spiro atoms. The van der Waals surface area contributed by atoms with Crippen molar-refractivity contribution in [2.75, 3.05) is 49.8 Å². The van der Waals surface area contributed by atoms with Crippen molar-refractivity contribution < 1.29 is 28.4 Å². The number of pyridine rings is 1. The molecule has 0 atom stereocenters. The maximum atomic E-state index is 13.5. The van der Waals surface area contributed by atoms with Crippen LogP contribution < -0.4 is 14.8 Å². The van der Waals surface area contributed by atoms with Crippen LogP contribution in [0.25, 0.3) is 10.8 Å². The fourth-order valence-electron chi connectivity index (χ4n) is 4.36. The highest BCUT2D eigenvalue weighted by molar-refractivity contribution is 9.10. The Hall–Kier alpha value is -3.79. The lowest BCUT2D eigenvalue weighted by molar-refractivity contribution is -0.697. The highest BCUT2D eigenvalue weighted by atomic mass is 79.9. The van der Waals surface area contributed by atoms with Crippen LogP contribution in [-0.2, 0) is 20.8 Å². The lowest BCUT2D eigenvalue weighted by Gasteiger charge is -2.22. The minimum absolute atomic E-state index is 0.0962. The summed E-state index contributed by atoms with van der Waals surface area (Å²) in [5.41, 5.74) is 2.10. The van der Waals surface area contributed by atoms with E-state index in [1.807, 2.05) is 95.8 Å². The molecule has 214 valence electrons. The van der Waals surface area contributed by atoms with Gasteiger partial charge < -0.3 is 19.1 Å². The summed E-state index contributed by atoms with van der Waals surface area (Å²) in [6, 6.07) is 24.9. The number of nitrogens with one attached hydrogen (secondary N) is 1. The fourth-order valence-corrected chi connectivity index (χ4v) is 4.87. The Morgan fingerprint density at radius 1 is 0.854 bits per heavy atom. The first kappa shape index (κ1) is 30.2. The first-order valence-electron chi connectivity index (χ1n) is 13.7. The zero-order chi connectivity index (χ0) is 28.9. The van der Waals surface area contributed by atoms with E-state index in [9.17, 15) is 9.59 Å². The van der Waals surface area contributed by atoms with Gasteiger partial charge in [0.05, 0.1) is 36.6 Å². The molecule has 9 heteroatoms. The third-order valence-corrected chi connectivity index (χ3v) is 6.68. The minimum atomic E-state index is -0.530. The number of para-hydroxylation sites is 1. The molecule has 3 aromatic carbocycles. The SMILES string of the molecule is CCC[n+]1cc(Br)cc(C(=O)N(CCOCCOCCOC(=O)Nc2cccc3ccccc23)c2ccccc2)c1. The molecule has 0 bridgehead atoms. The van der Waals surface area contributed by atoms with E-state index >= 15 is 0 Å². The molecule has 41 heavy (non-hydrogen) atoms. The van der Waals surface area contributed by atoms with Crippen LogP contribution in [0.2, 0.25) is 0 Å². The van der Waals surface area contributed by atoms with Crippen LogP contribution in [0.4, 0.5) is 16.2 Å². The van der Waals surface area contributed by atoms with E-state index in [1.165, 1.54) is 0 Å². The molecule has 0 saturated heterocycles. The van der Waals surface area contributed by atoms with Crippen LogP contribution in [0.5, 0.6) is 0 Å². The van der Waals surface area contributed by atoms with Gasteiger partial charge in [-0.2, -0.15) is 0 Å². The Bertz CT molecular complexity index is 1430. The number of aromatic nitrogens is 1. The van der Waals surface area contributed by atoms with Gasteiger partial charge in [0.1, 0.15) is 18.7 Å². The lowest BCUT2D eigenvalue weighted by atomic mass is 10.1. The highest BCUT2D eigenvalue weighted by Crippen LogP contribution is 2.23. The number of amides is 2. The number of hydrogen-bond donors (Lipinski definition) is 1. The number of nitrogens with zero attached hydrogens (tertiary/aromatic N) is 2. The molecular formula is C32H35BrN3O5+. The van der Waals surface area contributed by atoms with E-state index < -0.39 is 6.09 Å². The first-order chi connectivity index (χ1) is 20.0. The van der Waals surface area contributed by atoms with Gasteiger partial charge in [-0.05, 0) is 45.6 Å². The van der Waals surface area contributed by atoms with Crippen molar-refractivity contribution in [3.63, 3.8) is 0 Å². The zero-order valence-corrected chi connectivity index (χ0v) is 24.7. The number of halogens is 1. The molecule has 0 aliphatic rings. The van der Waals surface area contributed by atoms with Gasteiger partial charge in [-0.25, -0.2) is 9.36 Å². The summed E-state index contributed by atoms with van der Waals surface area (Å²) in [5.74, 6) is -0.0962. The number of hydrogen-bond acceptors (Lipinski definition) is 5. The van der Waals surface area contributed by atoms with Crippen LogP contribution >= 0.6 is 15.9 Å². The Labute approximate surface area is 249 Å². The summed E-state index contributed by atoms with van der Waals surface area (Å²) in [6.07, 6.45) is 4.29. The number of ether oxygens (including phenoxy) is 3. The molecule has 0 saturated carbocycles. The van der Waals surface area contributed by atoms with Gasteiger partial charge in [0.15, 0.2) is 12.4 Å². The van der Waals surface area contributed by atoms with Crippen molar-refractivity contribution in [3.8, 4) is 0 Å². The third kappa shape index (κ3) is 9.11. The summed E-state index contributed by atoms with van der Waals surface area (Å²) in [7, 11) is 0. The van der Waals surface area contributed by atoms with Crippen molar-refractivity contribution in [1.82, 2.24) is 0 Å². The number of fused-ring (bicyclic) bond motifs is 1. The number of carbonyl (C=O) groups excluding carboxylic acids is 2. The van der Waals surface area contributed by atoms with E-state index in [-0.39, 0.29) is 19.1 Å². The number of aryl methyl sites for hydroxylation is 1. The summed E-state index contributed by atoms with van der Waals surface area (Å²) in [4.78, 5) is 27.4. The van der Waals surface area contributed by atoms with Crippen LogP contribution in [0.15, 0.2) is 95.7 Å². The average Bonchev–Trinajstić information content (AvgIpc) is 2.98. The summed E-state index contributed by atoms with van der Waals surface area (Å²) >= 11 is 3.53. The molecular weight excluding hydrogens is 586 g/mol. The van der Waals surface area contributed by atoms with Crippen LogP contribution in [0.3, 0.4) is 0 Å². The largest absolute Gasteiger partial charge is 0.447 e. The molecule has 0 radical (unpaired) electrons. The van der Waals surface area contributed by atoms with Crippen molar-refractivity contribution in [1.29, 1.82) is 0 Å². The predicted octanol–water partition coefficient (Wildman–Crippen LogP) is 6.23. The second-order valence-electron chi connectivity index (χ2n) is 9.29. The van der Waals surface area contributed by atoms with E-state index in [4.69, 9.17) is 14.2 Å². The monoisotopic (exact) mass is 620 g/mol. The Morgan fingerprint density at radius 3 is 2.37 bits per heavy atom. The molecule has 0 fully saturated rings. The molecule has 0 aliphatic heterocycles. The second kappa shape index (κ2) is 15.9. The Kier molecular flexibility index (Phi) is 11.7. The van der Waals surface area contributed by atoms with E-state index in [0.29, 0.717) is 37.6 Å². The van der Waals surface area contributed by atoms with Crippen molar-refractivity contribution in [3.05, 3.63) is 101 Å². The normalized spacial score (nSPS) is 10.9. The first-order valence-corrected chi connectivity index (χ1v) is 14.5. The van der Waals surface area contributed by atoms with Gasteiger partial charge in [-0.3, -0.25) is 10.1 Å². The molecule has 4 aromatic rings. The zero-order valence-electron chi connectivity index (χ0n) is 23.1. The third-order valence-electron chi connectivity index (χ3n) is 6.25. The number of carbonyl (C=O) groups is 2. The van der Waals surface area contributed by atoms with E-state index in [1.54, 1.807) is 4.90 Å². The summed E-state index contributed by atoms with van der Waals surface area (Å²) in [6.45, 7) is 4.73. The Balaban J connectivity index is 1.18. The second-order valence-corrected chi connectivity index (χ2v) is 10.2. The number of anilines is 2. The van der Waals surface area contributed by atoms with Crippen molar-refractivity contribution >= 4 is 50.1 Å². The van der Waals surface area contributed by atoms with Gasteiger partial charge in [0.2, 0.25) is 0 Å². The predicted molar refractivity (Wildman–Crippen MR) is 163 cm³/mol. The standard InChI is InChI=1S/C32H34BrN3O5/c1-2-15-35-23-26(22-27(33)24-35)31(37)36(28-11-4-3-5-12-28)16-17-39-18-19-40-20-21-41-32(38)34-30-14-8-10-25-9-6-7-13-29(25)30/h3-14,22-24H,2,15-21H2,1H3/p+1. The number of benzene rings is 3. The molecule has 1 N–H and O–H groups in total. The molecule has 1 aromatic heterocycles. The number of rotatable bonds is 14. The van der Waals surface area contributed by atoms with Crippen LogP contribution in [0.1, 0.15) is 23.7 Å². The summed E-state index contributed by atoms with van der Waals surface area (Å²) < 4.78 is 19.4. The molecule has 1 heterocycles. The fraction of sp³-hybridized carbons (Fsp3) is 0.281. The van der Waals surface area contributed by atoms with Crippen molar-refractivity contribution in [2.45, 2.75) is 19.9 Å². The van der Waals surface area contributed by atoms with Crippen molar-refractivity contribution in [2.24, 2.45) is 0 Å². The maximum Gasteiger partial charge on any atom is 0.411 e. The van der Waals surface area contributed by atoms with E-state index in [2.05, 4.69) is 28.2 Å². The van der Waals surface area contributed by atoms with Gasteiger partial charge >= 0.3 is 6.09 Å². The quantitative estimate of drug-likeness (QED) is 0.134.